The number of fused-ring (bicyclic) bond motifs is 1. The van der Waals surface area contributed by atoms with Crippen LogP contribution in [0.15, 0.2) is 18.5 Å². The maximum Gasteiger partial charge on any atom is 0.131 e. The monoisotopic (exact) mass is 230 g/mol. The van der Waals surface area contributed by atoms with Crippen LogP contribution in [0.2, 0.25) is 0 Å². The molecule has 0 bridgehead atoms. The third-order valence-electron chi connectivity index (χ3n) is 3.63. The summed E-state index contributed by atoms with van der Waals surface area (Å²) in [5, 5.41) is 4.27. The van der Waals surface area contributed by atoms with Crippen molar-refractivity contribution in [3.63, 3.8) is 0 Å². The summed E-state index contributed by atoms with van der Waals surface area (Å²) in [6.45, 7) is 4.43. The second-order valence-electron chi connectivity index (χ2n) is 5.06. The Bertz CT molecular complexity index is 497. The summed E-state index contributed by atoms with van der Waals surface area (Å²) < 4.78 is 1.94. The van der Waals surface area contributed by atoms with E-state index in [9.17, 15) is 0 Å². The molecule has 90 valence electrons. The Morgan fingerprint density at radius 1 is 1.53 bits per heavy atom. The van der Waals surface area contributed by atoms with Crippen LogP contribution in [0, 0.1) is 5.92 Å². The van der Waals surface area contributed by atoms with Crippen molar-refractivity contribution in [1.82, 2.24) is 19.7 Å². The molecule has 0 aromatic carbocycles. The quantitative estimate of drug-likeness (QED) is 0.860. The van der Waals surface area contributed by atoms with Gasteiger partial charge in [-0.3, -0.25) is 4.68 Å². The first-order valence-corrected chi connectivity index (χ1v) is 6.31. The first-order valence-electron chi connectivity index (χ1n) is 6.31. The average Bonchev–Trinajstić information content (AvgIpc) is 2.96. The van der Waals surface area contributed by atoms with Crippen LogP contribution in [0.4, 0.5) is 0 Å². The van der Waals surface area contributed by atoms with Gasteiger partial charge in [0.05, 0.1) is 5.69 Å². The van der Waals surface area contributed by atoms with Crippen molar-refractivity contribution in [2.75, 3.05) is 0 Å². The van der Waals surface area contributed by atoms with Crippen LogP contribution in [0.1, 0.15) is 43.5 Å². The molecule has 0 aliphatic heterocycles. The molecule has 0 saturated carbocycles. The highest BCUT2D eigenvalue weighted by Crippen LogP contribution is 2.25. The van der Waals surface area contributed by atoms with Crippen LogP contribution < -0.4 is 0 Å². The lowest BCUT2D eigenvalue weighted by Gasteiger charge is -2.15. The molecule has 3 rings (SSSR count). The summed E-state index contributed by atoms with van der Waals surface area (Å²) in [5.74, 6) is 1.81. The Hall–Kier alpha value is -1.58. The zero-order valence-corrected chi connectivity index (χ0v) is 10.3. The number of aryl methyl sites for hydroxylation is 1. The van der Waals surface area contributed by atoms with E-state index in [1.807, 2.05) is 16.9 Å². The van der Waals surface area contributed by atoms with Crippen LogP contribution in [0.3, 0.4) is 0 Å². The summed E-state index contributed by atoms with van der Waals surface area (Å²) in [7, 11) is 0. The molecule has 1 N–H and O–H groups in total. The molecule has 2 unspecified atom stereocenters. The molecule has 2 atom stereocenters. The molecule has 0 saturated heterocycles. The van der Waals surface area contributed by atoms with Crippen LogP contribution >= 0.6 is 0 Å². The van der Waals surface area contributed by atoms with Crippen molar-refractivity contribution in [3.05, 3.63) is 35.7 Å². The number of H-pyrrole nitrogens is 1. The van der Waals surface area contributed by atoms with Gasteiger partial charge in [-0.05, 0) is 38.2 Å². The van der Waals surface area contributed by atoms with Crippen LogP contribution in [0.25, 0.3) is 0 Å². The minimum atomic E-state index is 0.186. The predicted octanol–water partition coefficient (Wildman–Crippen LogP) is 2.34. The van der Waals surface area contributed by atoms with Gasteiger partial charge in [-0.2, -0.15) is 5.10 Å². The number of hydrogen-bond donors (Lipinski definition) is 1. The molecule has 0 radical (unpaired) electrons. The minimum absolute atomic E-state index is 0.186. The van der Waals surface area contributed by atoms with Crippen molar-refractivity contribution in [2.24, 2.45) is 5.92 Å². The van der Waals surface area contributed by atoms with Crippen molar-refractivity contribution in [2.45, 2.75) is 39.2 Å². The number of nitrogens with zero attached hydrogens (tertiary/aromatic N) is 3. The highest BCUT2D eigenvalue weighted by atomic mass is 15.3. The van der Waals surface area contributed by atoms with Crippen molar-refractivity contribution < 1.29 is 0 Å². The van der Waals surface area contributed by atoms with Crippen molar-refractivity contribution >= 4 is 0 Å². The maximum absolute atomic E-state index is 4.72. The first kappa shape index (κ1) is 10.6. The number of aromatic amines is 1. The zero-order chi connectivity index (χ0) is 11.8. The third-order valence-corrected chi connectivity index (χ3v) is 3.63. The number of imidazole rings is 1. The van der Waals surface area contributed by atoms with Gasteiger partial charge >= 0.3 is 0 Å². The summed E-state index contributed by atoms with van der Waals surface area (Å²) in [6, 6.07) is 2.13. The van der Waals surface area contributed by atoms with E-state index in [0.29, 0.717) is 0 Å². The molecule has 0 spiro atoms. The van der Waals surface area contributed by atoms with E-state index in [2.05, 4.69) is 23.9 Å². The van der Waals surface area contributed by atoms with Gasteiger partial charge in [0.15, 0.2) is 0 Å². The Labute approximate surface area is 101 Å². The maximum atomic E-state index is 4.72. The lowest BCUT2D eigenvalue weighted by molar-refractivity contribution is 0.491. The van der Waals surface area contributed by atoms with Gasteiger partial charge in [0.1, 0.15) is 11.9 Å². The molecule has 4 heteroatoms. The van der Waals surface area contributed by atoms with Gasteiger partial charge < -0.3 is 4.98 Å². The van der Waals surface area contributed by atoms with E-state index in [0.717, 1.165) is 24.6 Å². The SMILES string of the molecule is CC1CCc2nc(C(C)n3cccn3)[nH]c2C1. The fourth-order valence-electron chi connectivity index (χ4n) is 2.51. The largest absolute Gasteiger partial charge is 0.344 e. The zero-order valence-electron chi connectivity index (χ0n) is 10.3. The van der Waals surface area contributed by atoms with Gasteiger partial charge in [-0.1, -0.05) is 6.92 Å². The molecule has 17 heavy (non-hydrogen) atoms. The van der Waals surface area contributed by atoms with E-state index in [4.69, 9.17) is 4.98 Å². The van der Waals surface area contributed by atoms with Gasteiger partial charge in [0.25, 0.3) is 0 Å². The molecular weight excluding hydrogens is 212 g/mol. The lowest BCUT2D eigenvalue weighted by Crippen LogP contribution is -2.10. The second kappa shape index (κ2) is 4.02. The molecule has 2 heterocycles. The van der Waals surface area contributed by atoms with Gasteiger partial charge in [-0.25, -0.2) is 4.98 Å². The van der Waals surface area contributed by atoms with E-state index < -0.39 is 0 Å². The normalized spacial score (nSPS) is 21.2. The van der Waals surface area contributed by atoms with Crippen molar-refractivity contribution in [1.29, 1.82) is 0 Å². The smallest absolute Gasteiger partial charge is 0.131 e. The molecule has 2 aromatic rings. The summed E-state index contributed by atoms with van der Waals surface area (Å²) >= 11 is 0. The fourth-order valence-corrected chi connectivity index (χ4v) is 2.51. The third kappa shape index (κ3) is 1.88. The van der Waals surface area contributed by atoms with Crippen LogP contribution in [-0.2, 0) is 12.8 Å². The van der Waals surface area contributed by atoms with Crippen LogP contribution in [-0.4, -0.2) is 19.7 Å². The Kier molecular flexibility index (Phi) is 2.50. The van der Waals surface area contributed by atoms with Gasteiger partial charge in [-0.15, -0.1) is 0 Å². The molecule has 1 aliphatic rings. The minimum Gasteiger partial charge on any atom is -0.344 e. The number of aromatic nitrogens is 4. The number of rotatable bonds is 2. The van der Waals surface area contributed by atoms with E-state index in [1.54, 1.807) is 6.20 Å². The summed E-state index contributed by atoms with van der Waals surface area (Å²) in [6.07, 6.45) is 7.29. The lowest BCUT2D eigenvalue weighted by atomic mass is 9.92. The average molecular weight is 230 g/mol. The van der Waals surface area contributed by atoms with E-state index >= 15 is 0 Å². The predicted molar refractivity (Wildman–Crippen MR) is 65.8 cm³/mol. The Morgan fingerprint density at radius 3 is 3.18 bits per heavy atom. The highest BCUT2D eigenvalue weighted by molar-refractivity contribution is 5.19. The molecule has 2 aromatic heterocycles. The molecule has 0 fully saturated rings. The second-order valence-corrected chi connectivity index (χ2v) is 5.06. The topological polar surface area (TPSA) is 46.5 Å². The summed E-state index contributed by atoms with van der Waals surface area (Å²) in [4.78, 5) is 8.20. The molecule has 0 amide bonds. The Balaban J connectivity index is 1.90. The number of hydrogen-bond acceptors (Lipinski definition) is 2. The van der Waals surface area contributed by atoms with E-state index in [-0.39, 0.29) is 6.04 Å². The van der Waals surface area contributed by atoms with Gasteiger partial charge in [0.2, 0.25) is 0 Å². The van der Waals surface area contributed by atoms with E-state index in [1.165, 1.54) is 17.8 Å². The van der Waals surface area contributed by atoms with Crippen molar-refractivity contribution in [3.8, 4) is 0 Å². The fraction of sp³-hybridized carbons (Fsp3) is 0.538. The van der Waals surface area contributed by atoms with Crippen LogP contribution in [0.5, 0.6) is 0 Å². The highest BCUT2D eigenvalue weighted by Gasteiger charge is 2.21. The number of nitrogens with one attached hydrogen (secondary N) is 1. The van der Waals surface area contributed by atoms with Gasteiger partial charge in [0, 0.05) is 18.1 Å². The molecule has 1 aliphatic carbocycles. The first-order chi connectivity index (χ1) is 8.24. The molecule has 4 nitrogen and oxygen atoms in total. The Morgan fingerprint density at radius 2 is 2.41 bits per heavy atom. The molecular formula is C13H18N4. The standard InChI is InChI=1S/C13H18N4/c1-9-4-5-11-12(8-9)16-13(15-11)10(2)17-7-3-6-14-17/h3,6-7,9-10H,4-5,8H2,1-2H3,(H,15,16). The summed E-state index contributed by atoms with van der Waals surface area (Å²) in [5.41, 5.74) is 2.59.